The number of nitrogens with one attached hydrogen (secondary N) is 1. The van der Waals surface area contributed by atoms with Gasteiger partial charge in [0.15, 0.2) is 5.17 Å². The molecule has 1 aliphatic rings. The molecule has 30 heavy (non-hydrogen) atoms. The third kappa shape index (κ3) is 6.04. The van der Waals surface area contributed by atoms with Gasteiger partial charge >= 0.3 is 0 Å². The molecular formula is C21H21ClFN3O3S. The number of methoxy groups -OCH3 is 1. The number of amidine groups is 1. The number of amides is 2. The van der Waals surface area contributed by atoms with Crippen molar-refractivity contribution in [2.45, 2.75) is 18.1 Å². The average molecular weight is 450 g/mol. The first-order chi connectivity index (χ1) is 14.5. The summed E-state index contributed by atoms with van der Waals surface area (Å²) in [5.41, 5.74) is 1.15. The van der Waals surface area contributed by atoms with Gasteiger partial charge in [-0.2, -0.15) is 0 Å². The van der Waals surface area contributed by atoms with Crippen molar-refractivity contribution in [2.24, 2.45) is 4.99 Å². The highest BCUT2D eigenvalue weighted by Crippen LogP contribution is 2.32. The summed E-state index contributed by atoms with van der Waals surface area (Å²) in [4.78, 5) is 31.5. The van der Waals surface area contributed by atoms with E-state index in [4.69, 9.17) is 16.3 Å². The molecule has 0 aromatic heterocycles. The van der Waals surface area contributed by atoms with Crippen molar-refractivity contribution in [1.82, 2.24) is 4.90 Å². The molecular weight excluding hydrogens is 429 g/mol. The second-order valence-electron chi connectivity index (χ2n) is 6.57. The standard InChI is InChI=1S/C21H21ClFN3O3S/c1-29-12-2-11-26-20(28)18(13-19(27)24-16-9-5-15(23)6-10-16)30-21(26)25-17-7-3-14(22)4-8-17/h3-10,18H,2,11-13H2,1H3,(H,24,27). The lowest BCUT2D eigenvalue weighted by Crippen LogP contribution is -2.34. The van der Waals surface area contributed by atoms with Gasteiger partial charge in [-0.25, -0.2) is 9.38 Å². The molecule has 1 aliphatic heterocycles. The van der Waals surface area contributed by atoms with Crippen LogP contribution in [0.2, 0.25) is 5.02 Å². The lowest BCUT2D eigenvalue weighted by Gasteiger charge is -2.16. The van der Waals surface area contributed by atoms with E-state index in [1.54, 1.807) is 36.3 Å². The van der Waals surface area contributed by atoms with Crippen molar-refractivity contribution in [3.05, 3.63) is 59.4 Å². The number of ether oxygens (including phenoxy) is 1. The van der Waals surface area contributed by atoms with E-state index in [9.17, 15) is 14.0 Å². The van der Waals surface area contributed by atoms with Crippen LogP contribution in [0.15, 0.2) is 53.5 Å². The molecule has 0 bridgehead atoms. The fourth-order valence-corrected chi connectivity index (χ4v) is 4.15. The van der Waals surface area contributed by atoms with Gasteiger partial charge in [-0.3, -0.25) is 14.5 Å². The SMILES string of the molecule is COCCCN1C(=O)C(CC(=O)Nc2ccc(F)cc2)SC1=Nc1ccc(Cl)cc1. The molecule has 1 fully saturated rings. The highest BCUT2D eigenvalue weighted by Gasteiger charge is 2.38. The zero-order chi connectivity index (χ0) is 21.5. The van der Waals surface area contributed by atoms with Crippen molar-refractivity contribution in [2.75, 3.05) is 25.6 Å². The Labute approximate surface area is 183 Å². The van der Waals surface area contributed by atoms with E-state index in [0.717, 1.165) is 0 Å². The number of nitrogens with zero attached hydrogens (tertiary/aromatic N) is 2. The maximum absolute atomic E-state index is 13.0. The molecule has 2 aromatic rings. The van der Waals surface area contributed by atoms with Crippen molar-refractivity contribution in [1.29, 1.82) is 0 Å². The number of rotatable bonds is 8. The lowest BCUT2D eigenvalue weighted by atomic mass is 10.2. The molecule has 0 radical (unpaired) electrons. The Hall–Kier alpha value is -2.42. The van der Waals surface area contributed by atoms with Gasteiger partial charge in [-0.1, -0.05) is 23.4 Å². The molecule has 9 heteroatoms. The molecule has 1 atom stereocenters. The Balaban J connectivity index is 1.71. The van der Waals surface area contributed by atoms with Crippen molar-refractivity contribution < 1.29 is 18.7 Å². The molecule has 2 aromatic carbocycles. The molecule has 1 heterocycles. The predicted molar refractivity (Wildman–Crippen MR) is 118 cm³/mol. The second kappa shape index (κ2) is 10.6. The minimum atomic E-state index is -0.584. The van der Waals surface area contributed by atoms with E-state index >= 15 is 0 Å². The normalized spacial score (nSPS) is 17.6. The average Bonchev–Trinajstić information content (AvgIpc) is 3.00. The summed E-state index contributed by atoms with van der Waals surface area (Å²) in [6.07, 6.45) is 0.637. The fourth-order valence-electron chi connectivity index (χ4n) is 2.84. The summed E-state index contributed by atoms with van der Waals surface area (Å²) in [5, 5.41) is 3.24. The predicted octanol–water partition coefficient (Wildman–Crippen LogP) is 4.48. The maximum atomic E-state index is 13.0. The Morgan fingerprint density at radius 2 is 1.93 bits per heavy atom. The molecule has 3 rings (SSSR count). The van der Waals surface area contributed by atoms with E-state index in [1.807, 2.05) is 0 Å². The number of hydrogen-bond acceptors (Lipinski definition) is 5. The first-order valence-electron chi connectivity index (χ1n) is 9.33. The summed E-state index contributed by atoms with van der Waals surface area (Å²) >= 11 is 7.18. The molecule has 0 aliphatic carbocycles. The molecule has 6 nitrogen and oxygen atoms in total. The van der Waals surface area contributed by atoms with Gasteiger partial charge in [0.1, 0.15) is 11.1 Å². The third-order valence-corrected chi connectivity index (χ3v) is 5.73. The monoisotopic (exact) mass is 449 g/mol. The topological polar surface area (TPSA) is 71.0 Å². The first-order valence-corrected chi connectivity index (χ1v) is 10.6. The molecule has 1 N–H and O–H groups in total. The summed E-state index contributed by atoms with van der Waals surface area (Å²) < 4.78 is 18.1. The van der Waals surface area contributed by atoms with Crippen LogP contribution in [0.25, 0.3) is 0 Å². The van der Waals surface area contributed by atoms with Gasteiger partial charge in [-0.05, 0) is 55.0 Å². The van der Waals surface area contributed by atoms with Crippen LogP contribution in [0.5, 0.6) is 0 Å². The molecule has 1 saturated heterocycles. The zero-order valence-electron chi connectivity index (χ0n) is 16.3. The zero-order valence-corrected chi connectivity index (χ0v) is 17.9. The van der Waals surface area contributed by atoms with Crippen LogP contribution < -0.4 is 5.32 Å². The number of carbonyl (C=O) groups excluding carboxylic acids is 2. The van der Waals surface area contributed by atoms with Gasteiger partial charge in [0, 0.05) is 37.4 Å². The number of anilines is 1. The van der Waals surface area contributed by atoms with Crippen LogP contribution in [0, 0.1) is 5.82 Å². The lowest BCUT2D eigenvalue weighted by molar-refractivity contribution is -0.128. The second-order valence-corrected chi connectivity index (χ2v) is 8.18. The summed E-state index contributed by atoms with van der Waals surface area (Å²) in [5.74, 6) is -0.876. The highest BCUT2D eigenvalue weighted by molar-refractivity contribution is 8.15. The molecule has 0 spiro atoms. The van der Waals surface area contributed by atoms with E-state index in [2.05, 4.69) is 10.3 Å². The van der Waals surface area contributed by atoms with E-state index in [0.29, 0.717) is 41.1 Å². The van der Waals surface area contributed by atoms with E-state index < -0.39 is 5.25 Å². The minimum absolute atomic E-state index is 0.0126. The van der Waals surface area contributed by atoms with E-state index in [-0.39, 0.29) is 24.1 Å². The summed E-state index contributed by atoms with van der Waals surface area (Å²) in [6.45, 7) is 0.959. The number of thioether (sulfide) groups is 1. The van der Waals surface area contributed by atoms with Crippen LogP contribution >= 0.6 is 23.4 Å². The van der Waals surface area contributed by atoms with Gasteiger partial charge in [0.25, 0.3) is 0 Å². The smallest absolute Gasteiger partial charge is 0.242 e. The Morgan fingerprint density at radius 3 is 2.60 bits per heavy atom. The van der Waals surface area contributed by atoms with Crippen molar-refractivity contribution >= 4 is 51.7 Å². The van der Waals surface area contributed by atoms with Crippen LogP contribution in [0.1, 0.15) is 12.8 Å². The maximum Gasteiger partial charge on any atom is 0.242 e. The Bertz CT molecular complexity index is 922. The van der Waals surface area contributed by atoms with Gasteiger partial charge in [0.05, 0.1) is 5.69 Å². The van der Waals surface area contributed by atoms with Crippen molar-refractivity contribution in [3.63, 3.8) is 0 Å². The fraction of sp³-hybridized carbons (Fsp3) is 0.286. The minimum Gasteiger partial charge on any atom is -0.385 e. The molecule has 2 amide bonds. The number of hydrogen-bond donors (Lipinski definition) is 1. The summed E-state index contributed by atoms with van der Waals surface area (Å²) in [6, 6.07) is 12.5. The number of benzene rings is 2. The van der Waals surface area contributed by atoms with Crippen LogP contribution in [0.3, 0.4) is 0 Å². The highest BCUT2D eigenvalue weighted by atomic mass is 35.5. The number of aliphatic imine (C=N–C) groups is 1. The quantitative estimate of drug-likeness (QED) is 0.603. The molecule has 1 unspecified atom stereocenters. The first kappa shape index (κ1) is 22.3. The van der Waals surface area contributed by atoms with Crippen molar-refractivity contribution in [3.8, 4) is 0 Å². The molecule has 0 saturated carbocycles. The van der Waals surface area contributed by atoms with Crippen LogP contribution in [-0.4, -0.2) is 47.4 Å². The largest absolute Gasteiger partial charge is 0.385 e. The van der Waals surface area contributed by atoms with Gasteiger partial charge in [0.2, 0.25) is 11.8 Å². The van der Waals surface area contributed by atoms with E-state index in [1.165, 1.54) is 36.0 Å². The summed E-state index contributed by atoms with van der Waals surface area (Å²) in [7, 11) is 1.60. The third-order valence-electron chi connectivity index (χ3n) is 4.30. The Morgan fingerprint density at radius 1 is 1.23 bits per heavy atom. The van der Waals surface area contributed by atoms with Crippen LogP contribution in [-0.2, 0) is 14.3 Å². The number of carbonyl (C=O) groups is 2. The number of halogens is 2. The van der Waals surface area contributed by atoms with Gasteiger partial charge < -0.3 is 10.1 Å². The Kier molecular flexibility index (Phi) is 7.84. The molecule has 158 valence electrons. The van der Waals surface area contributed by atoms with Crippen LogP contribution in [0.4, 0.5) is 15.8 Å². The van der Waals surface area contributed by atoms with Gasteiger partial charge in [-0.15, -0.1) is 0 Å².